The van der Waals surface area contributed by atoms with Crippen molar-refractivity contribution >= 4 is 33.2 Å². The highest BCUT2D eigenvalue weighted by molar-refractivity contribution is 7.92. The Labute approximate surface area is 187 Å². The van der Waals surface area contributed by atoms with E-state index in [1.165, 1.54) is 24.3 Å². The zero-order valence-electron chi connectivity index (χ0n) is 17.5. The highest BCUT2D eigenvalue weighted by Crippen LogP contribution is 2.22. The van der Waals surface area contributed by atoms with Gasteiger partial charge < -0.3 is 10.6 Å². The minimum absolute atomic E-state index is 0.146. The van der Waals surface area contributed by atoms with E-state index >= 15 is 0 Å². The third-order valence-corrected chi connectivity index (χ3v) is 5.99. The average molecular weight is 450 g/mol. The Morgan fingerprint density at radius 2 is 1.59 bits per heavy atom. The summed E-state index contributed by atoms with van der Waals surface area (Å²) < 4.78 is 27.7. The van der Waals surface area contributed by atoms with E-state index in [4.69, 9.17) is 0 Å². The van der Waals surface area contributed by atoms with Gasteiger partial charge in [-0.1, -0.05) is 36.4 Å². The maximum absolute atomic E-state index is 12.8. The summed E-state index contributed by atoms with van der Waals surface area (Å²) in [5.41, 5.74) is 1.97. The van der Waals surface area contributed by atoms with Crippen LogP contribution in [-0.2, 0) is 10.0 Å². The van der Waals surface area contributed by atoms with Crippen LogP contribution in [0.5, 0.6) is 0 Å². The van der Waals surface area contributed by atoms with Crippen molar-refractivity contribution < 1.29 is 18.0 Å². The Morgan fingerprint density at radius 1 is 0.906 bits per heavy atom. The summed E-state index contributed by atoms with van der Waals surface area (Å²) in [6, 6.07) is 19.3. The van der Waals surface area contributed by atoms with E-state index in [1.54, 1.807) is 61.5 Å². The summed E-state index contributed by atoms with van der Waals surface area (Å²) in [4.78, 5) is 25.2. The molecular weight excluding hydrogens is 426 g/mol. The first-order valence-corrected chi connectivity index (χ1v) is 11.3. The van der Waals surface area contributed by atoms with E-state index in [-0.39, 0.29) is 10.8 Å². The zero-order chi connectivity index (χ0) is 23.1. The van der Waals surface area contributed by atoms with E-state index in [9.17, 15) is 18.0 Å². The molecule has 0 radical (unpaired) electrons. The molecule has 0 aromatic heterocycles. The number of anilines is 2. The molecular formula is C24H23N3O4S. The predicted molar refractivity (Wildman–Crippen MR) is 125 cm³/mol. The second-order valence-electron chi connectivity index (χ2n) is 6.95. The topological polar surface area (TPSA) is 104 Å². The largest absolute Gasteiger partial charge is 0.349 e. The van der Waals surface area contributed by atoms with Crippen LogP contribution in [0.15, 0.2) is 90.3 Å². The molecule has 0 unspecified atom stereocenters. The Bertz CT molecular complexity index is 1260. The summed E-state index contributed by atoms with van der Waals surface area (Å²) in [6.45, 7) is 5.58. The lowest BCUT2D eigenvalue weighted by molar-refractivity contribution is 0.0959. The Balaban J connectivity index is 1.78. The van der Waals surface area contributed by atoms with Gasteiger partial charge in [0.25, 0.3) is 21.8 Å². The van der Waals surface area contributed by atoms with Crippen LogP contribution in [0.1, 0.15) is 26.3 Å². The number of rotatable bonds is 8. The van der Waals surface area contributed by atoms with Crippen molar-refractivity contribution in [2.75, 3.05) is 16.6 Å². The number of sulfonamides is 1. The summed E-state index contributed by atoms with van der Waals surface area (Å²) >= 11 is 0. The number of aryl methyl sites for hydroxylation is 1. The molecule has 0 aliphatic carbocycles. The Hall–Kier alpha value is -3.91. The molecule has 8 heteroatoms. The van der Waals surface area contributed by atoms with Gasteiger partial charge in [-0.2, -0.15) is 0 Å². The van der Waals surface area contributed by atoms with Gasteiger partial charge in [0, 0.05) is 12.1 Å². The Kier molecular flexibility index (Phi) is 7.07. The summed E-state index contributed by atoms with van der Waals surface area (Å²) in [6.07, 6.45) is 1.56. The molecule has 0 bridgehead atoms. The van der Waals surface area contributed by atoms with Crippen LogP contribution in [0.3, 0.4) is 0 Å². The third kappa shape index (κ3) is 5.41. The second-order valence-corrected chi connectivity index (χ2v) is 8.63. The fraction of sp³-hybridized carbons (Fsp3) is 0.0833. The first kappa shape index (κ1) is 22.8. The molecule has 2 amide bonds. The molecule has 3 aromatic carbocycles. The van der Waals surface area contributed by atoms with Crippen LogP contribution in [0.25, 0.3) is 0 Å². The normalized spacial score (nSPS) is 10.8. The molecule has 0 saturated heterocycles. The number of nitrogens with one attached hydrogen (secondary N) is 3. The van der Waals surface area contributed by atoms with Gasteiger partial charge in [-0.15, -0.1) is 6.58 Å². The first-order chi connectivity index (χ1) is 15.3. The zero-order valence-corrected chi connectivity index (χ0v) is 18.3. The van der Waals surface area contributed by atoms with Gasteiger partial charge in [-0.25, -0.2) is 8.42 Å². The quantitative estimate of drug-likeness (QED) is 0.453. The van der Waals surface area contributed by atoms with Gasteiger partial charge in [0.1, 0.15) is 0 Å². The maximum Gasteiger partial charge on any atom is 0.261 e. The van der Waals surface area contributed by atoms with Gasteiger partial charge in [-0.3, -0.25) is 14.3 Å². The molecule has 164 valence electrons. The van der Waals surface area contributed by atoms with Crippen molar-refractivity contribution in [3.8, 4) is 0 Å². The SMILES string of the molecule is C=CCNC(=O)c1ccccc1NC(=O)c1ccc(NS(=O)(=O)c2ccccc2)c(C)c1. The molecule has 0 fully saturated rings. The lowest BCUT2D eigenvalue weighted by Gasteiger charge is -2.13. The van der Waals surface area contributed by atoms with Crippen LogP contribution < -0.4 is 15.4 Å². The Morgan fingerprint density at radius 3 is 2.28 bits per heavy atom. The molecule has 32 heavy (non-hydrogen) atoms. The predicted octanol–water partition coefficient (Wildman–Crippen LogP) is 3.96. The van der Waals surface area contributed by atoms with Crippen LogP contribution >= 0.6 is 0 Å². The summed E-state index contributed by atoms with van der Waals surface area (Å²) in [5.74, 6) is -0.753. The van der Waals surface area contributed by atoms with Crippen molar-refractivity contribution in [2.24, 2.45) is 0 Å². The van der Waals surface area contributed by atoms with Crippen LogP contribution in [0, 0.1) is 6.92 Å². The monoisotopic (exact) mass is 449 g/mol. The average Bonchev–Trinajstić information content (AvgIpc) is 2.79. The first-order valence-electron chi connectivity index (χ1n) is 9.80. The number of carbonyl (C=O) groups excluding carboxylic acids is 2. The van der Waals surface area contributed by atoms with Crippen molar-refractivity contribution in [2.45, 2.75) is 11.8 Å². The molecule has 3 rings (SSSR count). The van der Waals surface area contributed by atoms with E-state index < -0.39 is 15.9 Å². The van der Waals surface area contributed by atoms with E-state index in [0.717, 1.165) is 0 Å². The fourth-order valence-corrected chi connectivity index (χ4v) is 4.12. The number of hydrogen-bond donors (Lipinski definition) is 3. The third-order valence-electron chi connectivity index (χ3n) is 4.61. The molecule has 0 aliphatic heterocycles. The standard InChI is InChI=1S/C24H23N3O4S/c1-3-15-25-24(29)20-11-7-8-12-22(20)26-23(28)18-13-14-21(17(2)16-18)27-32(30,31)19-9-5-4-6-10-19/h3-14,16,27H,1,15H2,2H3,(H,25,29)(H,26,28). The lowest BCUT2D eigenvalue weighted by atomic mass is 10.1. The van der Waals surface area contributed by atoms with Crippen molar-refractivity contribution in [1.82, 2.24) is 5.32 Å². The van der Waals surface area contributed by atoms with Crippen LogP contribution in [0.2, 0.25) is 0 Å². The summed E-state index contributed by atoms with van der Waals surface area (Å²) in [5, 5.41) is 5.42. The fourth-order valence-electron chi connectivity index (χ4n) is 2.97. The minimum Gasteiger partial charge on any atom is -0.349 e. The van der Waals surface area contributed by atoms with E-state index in [1.807, 2.05) is 0 Å². The highest BCUT2D eigenvalue weighted by atomic mass is 32.2. The highest BCUT2D eigenvalue weighted by Gasteiger charge is 2.17. The molecule has 0 heterocycles. The van der Waals surface area contributed by atoms with E-state index in [0.29, 0.717) is 34.6 Å². The number of benzene rings is 3. The van der Waals surface area contributed by atoms with Gasteiger partial charge in [0.05, 0.1) is 21.8 Å². The van der Waals surface area contributed by atoms with Crippen LogP contribution in [-0.4, -0.2) is 26.8 Å². The molecule has 3 N–H and O–H groups in total. The van der Waals surface area contributed by atoms with Gasteiger partial charge in [0.15, 0.2) is 0 Å². The van der Waals surface area contributed by atoms with Gasteiger partial charge in [-0.05, 0) is 55.0 Å². The minimum atomic E-state index is -3.74. The number of amides is 2. The summed E-state index contributed by atoms with van der Waals surface area (Å²) in [7, 11) is -3.74. The van der Waals surface area contributed by atoms with Crippen molar-refractivity contribution in [3.63, 3.8) is 0 Å². The van der Waals surface area contributed by atoms with Gasteiger partial charge >= 0.3 is 0 Å². The van der Waals surface area contributed by atoms with Gasteiger partial charge in [0.2, 0.25) is 0 Å². The molecule has 0 aliphatic rings. The number of carbonyl (C=O) groups is 2. The van der Waals surface area contributed by atoms with Crippen molar-refractivity contribution in [1.29, 1.82) is 0 Å². The van der Waals surface area contributed by atoms with E-state index in [2.05, 4.69) is 21.9 Å². The molecule has 0 atom stereocenters. The second kappa shape index (κ2) is 9.93. The molecule has 0 spiro atoms. The smallest absolute Gasteiger partial charge is 0.261 e. The van der Waals surface area contributed by atoms with Crippen molar-refractivity contribution in [3.05, 3.63) is 102 Å². The number of para-hydroxylation sites is 1. The lowest BCUT2D eigenvalue weighted by Crippen LogP contribution is -2.25. The maximum atomic E-state index is 12.8. The molecule has 3 aromatic rings. The molecule has 7 nitrogen and oxygen atoms in total. The number of hydrogen-bond acceptors (Lipinski definition) is 4. The van der Waals surface area contributed by atoms with Crippen LogP contribution in [0.4, 0.5) is 11.4 Å². The molecule has 0 saturated carbocycles.